The molecule has 0 bridgehead atoms. The number of benzene rings is 2. The molecule has 0 saturated carbocycles. The summed E-state index contributed by atoms with van der Waals surface area (Å²) in [6, 6.07) is 12.2. The Labute approximate surface area is 126 Å². The Morgan fingerprint density at radius 1 is 1.27 bits per heavy atom. The lowest BCUT2D eigenvalue weighted by atomic mass is 10.0. The Morgan fingerprint density at radius 2 is 2.05 bits per heavy atom. The molecule has 0 aliphatic carbocycles. The number of rotatable bonds is 5. The van der Waals surface area contributed by atoms with Crippen molar-refractivity contribution in [2.45, 2.75) is 6.42 Å². The summed E-state index contributed by atoms with van der Waals surface area (Å²) in [5.41, 5.74) is 0.726. The summed E-state index contributed by atoms with van der Waals surface area (Å²) in [4.78, 5) is 0. The van der Waals surface area contributed by atoms with Crippen molar-refractivity contribution in [3.05, 3.63) is 59.4 Å². The first-order chi connectivity index (χ1) is 10.7. The van der Waals surface area contributed by atoms with Crippen LogP contribution in [0.3, 0.4) is 0 Å². The van der Waals surface area contributed by atoms with Crippen molar-refractivity contribution in [3.63, 3.8) is 0 Å². The van der Waals surface area contributed by atoms with E-state index in [0.717, 1.165) is 0 Å². The maximum atomic E-state index is 13.7. The highest BCUT2D eigenvalue weighted by Crippen LogP contribution is 2.25. The molecule has 0 fully saturated rings. The van der Waals surface area contributed by atoms with Crippen molar-refractivity contribution in [2.24, 2.45) is 5.16 Å². The standard InChI is InChI=1S/C16H13FN2O3/c17-14-4-2-1-3-11(14)9-15(19-21)13-6-5-12(10-16(13)20)22-8-7-18/h1-6,10,20-21H,8-9H2. The van der Waals surface area contributed by atoms with Crippen molar-refractivity contribution in [1.29, 1.82) is 5.26 Å². The minimum Gasteiger partial charge on any atom is -0.507 e. The lowest BCUT2D eigenvalue weighted by Gasteiger charge is -2.09. The summed E-state index contributed by atoms with van der Waals surface area (Å²) < 4.78 is 18.7. The molecule has 0 amide bonds. The summed E-state index contributed by atoms with van der Waals surface area (Å²) in [5, 5.41) is 30.7. The average molecular weight is 300 g/mol. The molecule has 6 heteroatoms. The van der Waals surface area contributed by atoms with Crippen molar-refractivity contribution < 1.29 is 19.4 Å². The van der Waals surface area contributed by atoms with E-state index in [1.165, 1.54) is 24.3 Å². The zero-order valence-corrected chi connectivity index (χ0v) is 11.5. The van der Waals surface area contributed by atoms with Crippen LogP contribution in [-0.4, -0.2) is 22.6 Å². The average Bonchev–Trinajstić information content (AvgIpc) is 2.53. The molecule has 0 heterocycles. The molecular weight excluding hydrogens is 287 g/mol. The Balaban J connectivity index is 2.25. The maximum absolute atomic E-state index is 13.7. The van der Waals surface area contributed by atoms with Crippen LogP contribution in [0, 0.1) is 17.1 Å². The molecule has 0 radical (unpaired) electrons. The Bertz CT molecular complexity index is 738. The van der Waals surface area contributed by atoms with Crippen molar-refractivity contribution in [3.8, 4) is 17.6 Å². The summed E-state index contributed by atoms with van der Waals surface area (Å²) in [6.45, 7) is -0.144. The van der Waals surface area contributed by atoms with Gasteiger partial charge >= 0.3 is 0 Å². The van der Waals surface area contributed by atoms with Crippen molar-refractivity contribution in [1.82, 2.24) is 0 Å². The van der Waals surface area contributed by atoms with E-state index in [9.17, 15) is 9.50 Å². The number of phenols is 1. The number of hydrogen-bond donors (Lipinski definition) is 2. The van der Waals surface area contributed by atoms with E-state index in [0.29, 0.717) is 11.3 Å². The fraction of sp³-hybridized carbons (Fsp3) is 0.125. The lowest BCUT2D eigenvalue weighted by Crippen LogP contribution is -2.07. The van der Waals surface area contributed by atoms with E-state index < -0.39 is 5.82 Å². The third kappa shape index (κ3) is 3.52. The van der Waals surface area contributed by atoms with Gasteiger partial charge in [-0.2, -0.15) is 5.26 Å². The van der Waals surface area contributed by atoms with Gasteiger partial charge in [0, 0.05) is 18.1 Å². The van der Waals surface area contributed by atoms with Gasteiger partial charge in [-0.25, -0.2) is 4.39 Å². The molecule has 0 atom stereocenters. The van der Waals surface area contributed by atoms with Crippen LogP contribution < -0.4 is 4.74 Å². The minimum absolute atomic E-state index is 0.0229. The van der Waals surface area contributed by atoms with Gasteiger partial charge < -0.3 is 15.1 Å². The van der Waals surface area contributed by atoms with Gasteiger partial charge in [0.15, 0.2) is 6.61 Å². The molecule has 0 aromatic heterocycles. The van der Waals surface area contributed by atoms with Gasteiger partial charge in [0.25, 0.3) is 0 Å². The first-order valence-corrected chi connectivity index (χ1v) is 6.43. The van der Waals surface area contributed by atoms with E-state index in [1.807, 2.05) is 6.07 Å². The number of aromatic hydroxyl groups is 1. The number of oxime groups is 1. The van der Waals surface area contributed by atoms with Crippen LogP contribution in [0.1, 0.15) is 11.1 Å². The fourth-order valence-corrected chi connectivity index (χ4v) is 1.97. The highest BCUT2D eigenvalue weighted by atomic mass is 19.1. The Kier molecular flexibility index (Phi) is 4.94. The molecule has 2 N–H and O–H groups in total. The van der Waals surface area contributed by atoms with Crippen LogP contribution in [-0.2, 0) is 6.42 Å². The number of nitrogens with zero attached hydrogens (tertiary/aromatic N) is 2. The smallest absolute Gasteiger partial charge is 0.174 e. The fourth-order valence-electron chi connectivity index (χ4n) is 1.97. The second-order valence-corrected chi connectivity index (χ2v) is 4.44. The zero-order valence-electron chi connectivity index (χ0n) is 11.5. The van der Waals surface area contributed by atoms with E-state index in [-0.39, 0.29) is 30.1 Å². The van der Waals surface area contributed by atoms with Crippen LogP contribution in [0.25, 0.3) is 0 Å². The number of nitriles is 1. The number of ether oxygens (including phenoxy) is 1. The highest BCUT2D eigenvalue weighted by Gasteiger charge is 2.14. The van der Waals surface area contributed by atoms with Gasteiger partial charge in [0.05, 0.1) is 5.71 Å². The van der Waals surface area contributed by atoms with Crippen LogP contribution in [0.15, 0.2) is 47.6 Å². The van der Waals surface area contributed by atoms with Gasteiger partial charge in [-0.1, -0.05) is 23.4 Å². The van der Waals surface area contributed by atoms with Gasteiger partial charge in [-0.15, -0.1) is 0 Å². The third-order valence-corrected chi connectivity index (χ3v) is 3.02. The van der Waals surface area contributed by atoms with Gasteiger partial charge in [-0.3, -0.25) is 0 Å². The van der Waals surface area contributed by atoms with E-state index in [4.69, 9.17) is 15.2 Å². The predicted octanol–water partition coefficient (Wildman–Crippen LogP) is 2.85. The van der Waals surface area contributed by atoms with Crippen LogP contribution in [0.2, 0.25) is 0 Å². The largest absolute Gasteiger partial charge is 0.507 e. The second kappa shape index (κ2) is 7.09. The van der Waals surface area contributed by atoms with Gasteiger partial charge in [0.1, 0.15) is 23.4 Å². The summed E-state index contributed by atoms with van der Waals surface area (Å²) in [5.74, 6) is -0.289. The SMILES string of the molecule is N#CCOc1ccc(C(Cc2ccccc2F)=NO)c(O)c1. The molecule has 2 aromatic carbocycles. The molecule has 0 spiro atoms. The zero-order chi connectivity index (χ0) is 15.9. The molecule has 0 aliphatic heterocycles. The molecule has 5 nitrogen and oxygen atoms in total. The second-order valence-electron chi connectivity index (χ2n) is 4.44. The normalized spacial score (nSPS) is 11.0. The monoisotopic (exact) mass is 300 g/mol. The molecule has 2 aromatic rings. The summed E-state index contributed by atoms with van der Waals surface area (Å²) >= 11 is 0. The molecule has 22 heavy (non-hydrogen) atoms. The van der Waals surface area contributed by atoms with E-state index in [1.54, 1.807) is 18.2 Å². The summed E-state index contributed by atoms with van der Waals surface area (Å²) in [6.07, 6.45) is 0.0229. The highest BCUT2D eigenvalue weighted by molar-refractivity contribution is 6.03. The number of hydrogen-bond acceptors (Lipinski definition) is 5. The van der Waals surface area contributed by atoms with Crippen molar-refractivity contribution in [2.75, 3.05) is 6.61 Å². The number of halogens is 1. The molecule has 0 saturated heterocycles. The molecule has 0 aliphatic rings. The predicted molar refractivity (Wildman–Crippen MR) is 77.6 cm³/mol. The Hall–Kier alpha value is -3.07. The third-order valence-electron chi connectivity index (χ3n) is 3.02. The van der Waals surface area contributed by atoms with E-state index in [2.05, 4.69) is 5.16 Å². The Morgan fingerprint density at radius 3 is 2.68 bits per heavy atom. The van der Waals surface area contributed by atoms with Crippen LogP contribution in [0.5, 0.6) is 11.5 Å². The topological polar surface area (TPSA) is 85.8 Å². The van der Waals surface area contributed by atoms with E-state index >= 15 is 0 Å². The molecule has 112 valence electrons. The maximum Gasteiger partial charge on any atom is 0.174 e. The van der Waals surface area contributed by atoms with Crippen LogP contribution in [0.4, 0.5) is 4.39 Å². The molecular formula is C16H13FN2O3. The molecule has 0 unspecified atom stereocenters. The lowest BCUT2D eigenvalue weighted by molar-refractivity contribution is 0.318. The molecule has 2 rings (SSSR count). The van der Waals surface area contributed by atoms with Gasteiger partial charge in [-0.05, 0) is 23.8 Å². The van der Waals surface area contributed by atoms with Gasteiger partial charge in [0.2, 0.25) is 0 Å². The van der Waals surface area contributed by atoms with Crippen molar-refractivity contribution >= 4 is 5.71 Å². The summed E-state index contributed by atoms with van der Waals surface area (Å²) in [7, 11) is 0. The first-order valence-electron chi connectivity index (χ1n) is 6.43. The minimum atomic E-state index is -0.419. The van der Waals surface area contributed by atoms with Crippen LogP contribution >= 0.6 is 0 Å². The first kappa shape index (κ1) is 15.3. The number of phenolic OH excluding ortho intramolecular Hbond substituents is 1. The quantitative estimate of drug-likeness (QED) is 0.505.